The van der Waals surface area contributed by atoms with E-state index in [0.29, 0.717) is 0 Å². The first-order chi connectivity index (χ1) is 23.6. The molecule has 0 saturated carbocycles. The molecule has 5 aromatic rings. The monoisotopic (exact) mass is 633 g/mol. The van der Waals surface area contributed by atoms with E-state index < -0.39 is 0 Å². The van der Waals surface area contributed by atoms with Crippen molar-refractivity contribution < 1.29 is 0 Å². The minimum atomic E-state index is -0.0222. The Bertz CT molecular complexity index is 1850. The van der Waals surface area contributed by atoms with Crippen LogP contribution in [-0.2, 0) is 6.42 Å². The predicted molar refractivity (Wildman–Crippen MR) is 207 cm³/mol. The third-order valence-corrected chi connectivity index (χ3v) is 9.39. The topological polar surface area (TPSA) is 35.0 Å². The Balaban J connectivity index is 1.38. The average molecular weight is 634 g/mol. The summed E-state index contributed by atoms with van der Waals surface area (Å²) in [6, 6.07) is 41.0. The molecule has 0 radical (unpaired) electrons. The van der Waals surface area contributed by atoms with Gasteiger partial charge in [0.05, 0.1) is 17.3 Å². The Labute approximate surface area is 286 Å². The van der Waals surface area contributed by atoms with E-state index >= 15 is 0 Å². The van der Waals surface area contributed by atoms with Crippen molar-refractivity contribution in [2.75, 3.05) is 41.0 Å². The van der Waals surface area contributed by atoms with Crippen molar-refractivity contribution in [1.29, 1.82) is 0 Å². The number of hydrogen-bond acceptors (Lipinski definition) is 5. The van der Waals surface area contributed by atoms with Crippen LogP contribution in [0.25, 0.3) is 23.1 Å². The van der Waals surface area contributed by atoms with Crippen LogP contribution in [0.4, 0.5) is 17.2 Å². The van der Waals surface area contributed by atoms with E-state index in [-0.39, 0.29) is 12.0 Å². The molecule has 0 amide bonds. The number of para-hydroxylation sites is 1. The van der Waals surface area contributed by atoms with Crippen molar-refractivity contribution in [3.8, 4) is 0 Å². The van der Waals surface area contributed by atoms with Crippen LogP contribution in [0.5, 0.6) is 0 Å². The Hall–Kier alpha value is -5.16. The van der Waals surface area contributed by atoms with E-state index in [2.05, 4.69) is 176 Å². The second-order valence-corrected chi connectivity index (χ2v) is 12.2. The lowest BCUT2D eigenvalue weighted by molar-refractivity contribution is 0.605. The number of benzene rings is 4. The van der Waals surface area contributed by atoms with E-state index in [4.69, 9.17) is 10.1 Å². The van der Waals surface area contributed by atoms with Gasteiger partial charge < -0.3 is 9.80 Å². The van der Waals surface area contributed by atoms with Crippen LogP contribution in [0.3, 0.4) is 0 Å². The second kappa shape index (κ2) is 15.6. The lowest BCUT2D eigenvalue weighted by Crippen LogP contribution is -2.33. The number of pyridine rings is 1. The van der Waals surface area contributed by atoms with E-state index in [1.54, 1.807) is 0 Å². The lowest BCUT2D eigenvalue weighted by Gasteiger charge is -2.25. The normalized spacial score (nSPS) is 16.2. The molecule has 244 valence electrons. The minimum absolute atomic E-state index is 0.0222. The maximum atomic E-state index is 5.32. The number of anilines is 3. The lowest BCUT2D eigenvalue weighted by atomic mass is 9.87. The number of hydrogen-bond donors (Lipinski definition) is 0. The molecule has 0 N–H and O–H groups in total. The highest BCUT2D eigenvalue weighted by atomic mass is 15.5. The number of allylic oxidation sites excluding steroid dienone is 1. The molecule has 6 rings (SSSR count). The third kappa shape index (κ3) is 7.52. The maximum Gasteiger partial charge on any atom is 0.150 e. The summed E-state index contributed by atoms with van der Waals surface area (Å²) in [5, 5.41) is 8.57. The summed E-state index contributed by atoms with van der Waals surface area (Å²) in [6.45, 7) is 12.8. The van der Waals surface area contributed by atoms with Gasteiger partial charge in [0.1, 0.15) is 5.82 Å². The molecule has 1 aliphatic heterocycles. The van der Waals surface area contributed by atoms with Gasteiger partial charge in [0, 0.05) is 48.9 Å². The van der Waals surface area contributed by atoms with Crippen molar-refractivity contribution in [3.63, 3.8) is 0 Å². The van der Waals surface area contributed by atoms with Gasteiger partial charge in [-0.2, -0.15) is 5.10 Å². The van der Waals surface area contributed by atoms with Crippen molar-refractivity contribution >= 4 is 46.0 Å². The molecular weight excluding hydrogens is 587 g/mol. The predicted octanol–water partition coefficient (Wildman–Crippen LogP) is 9.76. The molecule has 0 bridgehead atoms. The van der Waals surface area contributed by atoms with E-state index in [1.807, 2.05) is 6.07 Å². The summed E-state index contributed by atoms with van der Waals surface area (Å²) in [4.78, 5) is 9.84. The molecule has 48 heavy (non-hydrogen) atoms. The first-order valence-corrected chi connectivity index (χ1v) is 17.4. The van der Waals surface area contributed by atoms with Gasteiger partial charge in [0.2, 0.25) is 0 Å². The van der Waals surface area contributed by atoms with Crippen molar-refractivity contribution in [3.05, 3.63) is 144 Å². The molecular formula is C43H47N5. The fourth-order valence-electron chi connectivity index (χ4n) is 6.62. The highest BCUT2D eigenvalue weighted by molar-refractivity contribution is 6.03. The number of rotatable bonds is 13. The zero-order valence-electron chi connectivity index (χ0n) is 28.7. The number of fused-ring (bicyclic) bond motifs is 1. The molecule has 2 unspecified atom stereocenters. The van der Waals surface area contributed by atoms with Gasteiger partial charge in [0.25, 0.3) is 0 Å². The molecule has 2 atom stereocenters. The minimum Gasteiger partial charge on any atom is -0.372 e. The Morgan fingerprint density at radius 3 is 1.81 bits per heavy atom. The quantitative estimate of drug-likeness (QED) is 0.129. The number of hydrazone groups is 1. The Morgan fingerprint density at radius 1 is 0.604 bits per heavy atom. The zero-order chi connectivity index (χ0) is 33.3. The SMILES string of the molecule is CCN(CC)c1ccc(C=CC2=NN(c3ccc4ccccc4n3)C(C=Cc3ccc(N(CC)CC)cc3)C2Cc2ccccc2)cc1. The summed E-state index contributed by atoms with van der Waals surface area (Å²) in [5.41, 5.74) is 8.15. The van der Waals surface area contributed by atoms with Crippen LogP contribution in [0.2, 0.25) is 0 Å². The highest BCUT2D eigenvalue weighted by Gasteiger charge is 2.36. The third-order valence-electron chi connectivity index (χ3n) is 9.39. The summed E-state index contributed by atoms with van der Waals surface area (Å²) in [5.74, 6) is 0.975. The molecule has 1 aliphatic rings. The van der Waals surface area contributed by atoms with E-state index in [0.717, 1.165) is 60.6 Å². The summed E-state index contributed by atoms with van der Waals surface area (Å²) in [7, 11) is 0. The maximum absolute atomic E-state index is 5.32. The van der Waals surface area contributed by atoms with Gasteiger partial charge in [-0.15, -0.1) is 0 Å². The van der Waals surface area contributed by atoms with Crippen LogP contribution in [0, 0.1) is 5.92 Å². The van der Waals surface area contributed by atoms with Gasteiger partial charge >= 0.3 is 0 Å². The van der Waals surface area contributed by atoms with Crippen molar-refractivity contribution in [1.82, 2.24) is 4.98 Å². The molecule has 0 spiro atoms. The molecule has 0 aliphatic carbocycles. The summed E-state index contributed by atoms with van der Waals surface area (Å²) >= 11 is 0. The van der Waals surface area contributed by atoms with E-state index in [1.165, 1.54) is 22.5 Å². The Kier molecular flexibility index (Phi) is 10.7. The fourth-order valence-corrected chi connectivity index (χ4v) is 6.62. The molecule has 0 saturated heterocycles. The van der Waals surface area contributed by atoms with Crippen molar-refractivity contribution in [2.45, 2.75) is 40.2 Å². The van der Waals surface area contributed by atoms with Crippen LogP contribution >= 0.6 is 0 Å². The van der Waals surface area contributed by atoms with E-state index in [9.17, 15) is 0 Å². The van der Waals surface area contributed by atoms with Gasteiger partial charge in [-0.3, -0.25) is 0 Å². The fraction of sp³-hybridized carbons (Fsp3) is 0.256. The zero-order valence-corrected chi connectivity index (χ0v) is 28.7. The molecule has 2 heterocycles. The van der Waals surface area contributed by atoms with Gasteiger partial charge in [-0.25, -0.2) is 9.99 Å². The summed E-state index contributed by atoms with van der Waals surface area (Å²) in [6.07, 6.45) is 9.84. The van der Waals surface area contributed by atoms with Crippen molar-refractivity contribution in [2.24, 2.45) is 11.0 Å². The van der Waals surface area contributed by atoms with Gasteiger partial charge in [-0.05, 0) is 99.3 Å². The molecule has 1 aromatic heterocycles. The molecule has 5 nitrogen and oxygen atoms in total. The Morgan fingerprint density at radius 2 is 1.19 bits per heavy atom. The first-order valence-electron chi connectivity index (χ1n) is 17.4. The second-order valence-electron chi connectivity index (χ2n) is 12.2. The van der Waals surface area contributed by atoms with Crippen LogP contribution in [0.15, 0.2) is 133 Å². The summed E-state index contributed by atoms with van der Waals surface area (Å²) < 4.78 is 0. The highest BCUT2D eigenvalue weighted by Crippen LogP contribution is 2.33. The number of aromatic nitrogens is 1. The molecule has 4 aromatic carbocycles. The first kappa shape index (κ1) is 32.8. The smallest absolute Gasteiger partial charge is 0.150 e. The largest absolute Gasteiger partial charge is 0.372 e. The molecule has 0 fully saturated rings. The standard InChI is InChI=1S/C43H47N5/c1-5-46(6-2)37-25-18-33(19-26-37)22-29-41-39(32-35-14-10-9-11-15-35)42(30-23-34-20-27-38(28-21-34)47(7-3)8-4)48(45-41)43-31-24-36-16-12-13-17-40(36)44-43/h9-31,39,42H,5-8,32H2,1-4H3. The number of nitrogens with zero attached hydrogens (tertiary/aromatic N) is 5. The van der Waals surface area contributed by atoms with Crippen LogP contribution < -0.4 is 14.8 Å². The average Bonchev–Trinajstić information content (AvgIpc) is 3.48. The van der Waals surface area contributed by atoms with Crippen LogP contribution in [0.1, 0.15) is 44.4 Å². The van der Waals surface area contributed by atoms with Gasteiger partial charge in [0.15, 0.2) is 0 Å². The van der Waals surface area contributed by atoms with Gasteiger partial charge in [-0.1, -0.05) is 91.0 Å². The van der Waals surface area contributed by atoms with Crippen LogP contribution in [-0.4, -0.2) is 42.9 Å². The molecule has 5 heteroatoms.